The molecule has 1 N–H and O–H groups in total. The molecule has 0 aliphatic heterocycles. The predicted molar refractivity (Wildman–Crippen MR) is 202 cm³/mol. The number of nitrogens with one attached hydrogen (secondary N) is 1. The molecule has 0 unspecified atom stereocenters. The Labute approximate surface area is 280 Å². The first kappa shape index (κ1) is 34.0. The van der Waals surface area contributed by atoms with Crippen LogP contribution < -0.4 is 30.1 Å². The maximum absolute atomic E-state index is 13.9. The Morgan fingerprint density at radius 1 is 0.630 bits per heavy atom. The molecular formula is C40H46NO2PSSi. The van der Waals surface area contributed by atoms with Gasteiger partial charge in [0, 0.05) is 5.56 Å². The maximum Gasteiger partial charge on any atom is 0.319 e. The van der Waals surface area contributed by atoms with Crippen molar-refractivity contribution in [3.8, 4) is 5.75 Å². The van der Waals surface area contributed by atoms with Crippen molar-refractivity contribution in [2.24, 2.45) is 0 Å². The minimum atomic E-state index is -2.91. The topological polar surface area (TPSA) is 38.3 Å². The van der Waals surface area contributed by atoms with E-state index in [2.05, 4.69) is 171 Å². The summed E-state index contributed by atoms with van der Waals surface area (Å²) in [5.41, 5.74) is 1.03. The molecule has 0 radical (unpaired) electrons. The molecule has 3 nitrogen and oxygen atoms in total. The second-order valence-electron chi connectivity index (χ2n) is 13.6. The molecular weight excluding hydrogens is 618 g/mol. The van der Waals surface area contributed by atoms with Crippen LogP contribution in [0.25, 0.3) is 0 Å². The van der Waals surface area contributed by atoms with Crippen LogP contribution >= 0.6 is 7.92 Å². The molecule has 0 aliphatic carbocycles. The zero-order valence-corrected chi connectivity index (χ0v) is 30.5. The van der Waals surface area contributed by atoms with E-state index >= 15 is 0 Å². The molecule has 0 heterocycles. The molecule has 0 saturated heterocycles. The van der Waals surface area contributed by atoms with E-state index in [0.717, 1.165) is 17.5 Å². The Morgan fingerprint density at radius 2 is 1.04 bits per heavy atom. The van der Waals surface area contributed by atoms with Gasteiger partial charge in [0.15, 0.2) is 0 Å². The molecule has 5 aromatic rings. The van der Waals surface area contributed by atoms with Crippen LogP contribution in [-0.2, 0) is 11.0 Å². The number of hydrogen-bond acceptors (Lipinski definition) is 2. The summed E-state index contributed by atoms with van der Waals surface area (Å²) in [4.78, 5) is 0. The van der Waals surface area contributed by atoms with Gasteiger partial charge in [0.1, 0.15) is 5.75 Å². The fraction of sp³-hybridized carbons (Fsp3) is 0.250. The van der Waals surface area contributed by atoms with E-state index in [1.165, 1.54) is 21.0 Å². The van der Waals surface area contributed by atoms with Crippen LogP contribution in [0.1, 0.15) is 53.1 Å². The quantitative estimate of drug-likeness (QED) is 0.116. The molecule has 238 valence electrons. The third kappa shape index (κ3) is 7.61. The van der Waals surface area contributed by atoms with Crippen LogP contribution in [0.4, 0.5) is 0 Å². The van der Waals surface area contributed by atoms with Crippen LogP contribution in [0, 0.1) is 0 Å². The smallest absolute Gasteiger partial charge is 0.319 e. The highest BCUT2D eigenvalue weighted by atomic mass is 32.2. The van der Waals surface area contributed by atoms with Crippen LogP contribution in [0.15, 0.2) is 146 Å². The lowest BCUT2D eigenvalue weighted by Gasteiger charge is -2.43. The van der Waals surface area contributed by atoms with Gasteiger partial charge in [-0.3, -0.25) is 0 Å². The average molecular weight is 664 g/mol. The van der Waals surface area contributed by atoms with E-state index in [9.17, 15) is 4.21 Å². The molecule has 0 spiro atoms. The van der Waals surface area contributed by atoms with Gasteiger partial charge in [-0.1, -0.05) is 160 Å². The second-order valence-corrected chi connectivity index (χ2v) is 22.1. The van der Waals surface area contributed by atoms with Gasteiger partial charge in [-0.25, -0.2) is 8.93 Å². The summed E-state index contributed by atoms with van der Waals surface area (Å²) in [6, 6.07) is 51.2. The first-order valence-corrected chi connectivity index (χ1v) is 20.5. The molecule has 0 aromatic heterocycles. The van der Waals surface area contributed by atoms with E-state index in [0.29, 0.717) is 0 Å². The van der Waals surface area contributed by atoms with Crippen LogP contribution in [-0.4, -0.2) is 23.4 Å². The van der Waals surface area contributed by atoms with E-state index < -0.39 is 32.0 Å². The number of rotatable bonds is 11. The van der Waals surface area contributed by atoms with Gasteiger partial charge in [-0.2, -0.15) is 0 Å². The molecule has 0 amide bonds. The van der Waals surface area contributed by atoms with Crippen molar-refractivity contribution in [1.82, 2.24) is 4.72 Å². The SMILES string of the molecule is CC(C)(C)[S@@](=O)N[C@H](CP(c1ccccc1)c1ccccc1)c1ccccc1O[Si](c1ccccc1)(c1ccccc1)C(C)(C)C. The number of para-hydroxylation sites is 1. The molecule has 46 heavy (non-hydrogen) atoms. The standard InChI is InChI=1S/C40H46NO2PSSi/c1-39(2,3)45(42)41-37(31-44(32-21-11-7-12-22-32)33-23-13-8-14-24-33)36-29-19-20-30-38(36)43-46(40(4,5)6,34-25-15-9-16-26-34)35-27-17-10-18-28-35/h7-30,37,41H,31H2,1-6H3/t37-,45-/m1/s1. The summed E-state index contributed by atoms with van der Waals surface area (Å²) in [5, 5.41) is 4.84. The van der Waals surface area contributed by atoms with Gasteiger partial charge in [0.2, 0.25) is 0 Å². The summed E-state index contributed by atoms with van der Waals surface area (Å²) >= 11 is 0. The van der Waals surface area contributed by atoms with E-state index in [1.807, 2.05) is 20.8 Å². The van der Waals surface area contributed by atoms with Gasteiger partial charge < -0.3 is 4.43 Å². The van der Waals surface area contributed by atoms with Crippen molar-refractivity contribution in [3.63, 3.8) is 0 Å². The Balaban J connectivity index is 1.68. The lowest BCUT2D eigenvalue weighted by Crippen LogP contribution is -2.69. The third-order valence-electron chi connectivity index (χ3n) is 8.28. The highest BCUT2D eigenvalue weighted by molar-refractivity contribution is 7.84. The molecule has 0 bridgehead atoms. The fourth-order valence-electron chi connectivity index (χ4n) is 5.94. The van der Waals surface area contributed by atoms with Gasteiger partial charge in [-0.15, -0.1) is 0 Å². The number of hydrogen-bond donors (Lipinski definition) is 1. The zero-order chi connectivity index (χ0) is 32.8. The van der Waals surface area contributed by atoms with E-state index in [4.69, 9.17) is 4.43 Å². The monoisotopic (exact) mass is 663 g/mol. The molecule has 6 heteroatoms. The molecule has 2 atom stereocenters. The van der Waals surface area contributed by atoms with Crippen molar-refractivity contribution >= 4 is 48.2 Å². The van der Waals surface area contributed by atoms with Crippen molar-refractivity contribution in [2.75, 3.05) is 6.16 Å². The van der Waals surface area contributed by atoms with Crippen LogP contribution in [0.5, 0.6) is 5.75 Å². The summed E-state index contributed by atoms with van der Waals surface area (Å²) in [5.74, 6) is 0.844. The van der Waals surface area contributed by atoms with Crippen molar-refractivity contribution in [1.29, 1.82) is 0 Å². The summed E-state index contributed by atoms with van der Waals surface area (Å²) in [6.45, 7) is 13.0. The van der Waals surface area contributed by atoms with Gasteiger partial charge in [0.25, 0.3) is 0 Å². The Kier molecular flexibility index (Phi) is 10.8. The average Bonchev–Trinajstić information content (AvgIpc) is 3.06. The number of benzene rings is 5. The van der Waals surface area contributed by atoms with Gasteiger partial charge in [-0.05, 0) is 66.9 Å². The van der Waals surface area contributed by atoms with Crippen molar-refractivity contribution in [2.45, 2.75) is 57.4 Å². The molecule has 0 aliphatic rings. The largest absolute Gasteiger partial charge is 0.534 e. The third-order valence-corrected chi connectivity index (χ3v) is 17.4. The first-order chi connectivity index (χ1) is 22.0. The summed E-state index contributed by atoms with van der Waals surface area (Å²) in [6.07, 6.45) is 0.770. The summed E-state index contributed by atoms with van der Waals surface area (Å²) < 4.78 is 24.7. The zero-order valence-electron chi connectivity index (χ0n) is 27.8. The lowest BCUT2D eigenvalue weighted by molar-refractivity contribution is 0.496. The normalized spacial score (nSPS) is 13.7. The molecule has 5 aromatic carbocycles. The lowest BCUT2D eigenvalue weighted by atomic mass is 10.1. The highest BCUT2D eigenvalue weighted by Gasteiger charge is 2.52. The predicted octanol–water partition coefficient (Wildman–Crippen LogP) is 7.85. The fourth-order valence-corrected chi connectivity index (χ4v) is 13.8. The van der Waals surface area contributed by atoms with Gasteiger partial charge in [0.05, 0.1) is 21.8 Å². The van der Waals surface area contributed by atoms with Crippen LogP contribution in [0.3, 0.4) is 0 Å². The minimum Gasteiger partial charge on any atom is -0.534 e. The first-order valence-electron chi connectivity index (χ1n) is 16.0. The van der Waals surface area contributed by atoms with Gasteiger partial charge >= 0.3 is 8.32 Å². The Morgan fingerprint density at radius 3 is 1.48 bits per heavy atom. The van der Waals surface area contributed by atoms with E-state index in [-0.39, 0.29) is 11.1 Å². The molecule has 0 saturated carbocycles. The minimum absolute atomic E-state index is 0.194. The van der Waals surface area contributed by atoms with Crippen molar-refractivity contribution in [3.05, 3.63) is 151 Å². The molecule has 0 fully saturated rings. The van der Waals surface area contributed by atoms with Crippen molar-refractivity contribution < 1.29 is 8.63 Å². The summed E-state index contributed by atoms with van der Waals surface area (Å²) in [7, 11) is -4.99. The Bertz CT molecular complexity index is 1630. The molecule has 5 rings (SSSR count). The second kappa shape index (κ2) is 14.6. The van der Waals surface area contributed by atoms with Crippen LogP contribution in [0.2, 0.25) is 5.04 Å². The van der Waals surface area contributed by atoms with E-state index in [1.54, 1.807) is 0 Å². The highest BCUT2D eigenvalue weighted by Crippen LogP contribution is 2.43. The Hall–Kier alpha value is -3.34. The maximum atomic E-state index is 13.9.